The Morgan fingerprint density at radius 2 is 2.04 bits per heavy atom. The van der Waals surface area contributed by atoms with Crippen molar-refractivity contribution >= 4 is 40.7 Å². The first-order valence-corrected chi connectivity index (χ1v) is 9.05. The lowest BCUT2D eigenvalue weighted by atomic mass is 10.2. The van der Waals surface area contributed by atoms with Crippen molar-refractivity contribution in [3.63, 3.8) is 0 Å². The van der Waals surface area contributed by atoms with E-state index in [9.17, 15) is 0 Å². The average molecular weight is 380 g/mol. The molecule has 2 aromatic heterocycles. The van der Waals surface area contributed by atoms with Crippen LogP contribution in [0.3, 0.4) is 0 Å². The summed E-state index contributed by atoms with van der Waals surface area (Å²) < 4.78 is 5.59. The van der Waals surface area contributed by atoms with Gasteiger partial charge in [0, 0.05) is 11.1 Å². The van der Waals surface area contributed by atoms with Crippen LogP contribution in [0.15, 0.2) is 57.3 Å². The van der Waals surface area contributed by atoms with Crippen molar-refractivity contribution in [2.45, 2.75) is 19.2 Å². The van der Waals surface area contributed by atoms with Crippen LogP contribution in [-0.4, -0.2) is 10.2 Å². The molecular formula is C17H18ClN3OS2. The van der Waals surface area contributed by atoms with Crippen molar-refractivity contribution in [3.8, 4) is 10.8 Å². The number of aryl methyl sites for hydroxylation is 1. The maximum atomic E-state index is 5.96. The molecule has 3 aromatic rings. The number of aliphatic imine (C=N–C) groups is 1. The number of nitrogens with zero attached hydrogens (tertiary/aromatic N) is 2. The Labute approximate surface area is 155 Å². The lowest BCUT2D eigenvalue weighted by molar-refractivity contribution is 0.548. The maximum Gasteiger partial charge on any atom is 0.162 e. The van der Waals surface area contributed by atoms with Crippen molar-refractivity contribution in [3.05, 3.63) is 64.9 Å². The van der Waals surface area contributed by atoms with Crippen molar-refractivity contribution in [1.29, 1.82) is 0 Å². The van der Waals surface area contributed by atoms with Crippen LogP contribution in [0.25, 0.3) is 10.8 Å². The van der Waals surface area contributed by atoms with Crippen LogP contribution >= 0.6 is 35.5 Å². The normalized spacial score (nSPS) is 11.3. The third-order valence-electron chi connectivity index (χ3n) is 3.13. The fourth-order valence-corrected chi connectivity index (χ4v) is 3.47. The SMILES string of the molecule is Cc1ccc(-c2nc(CSC(N)=NCc3ccccc3)cs2)o1.Cl. The van der Waals surface area contributed by atoms with Crippen molar-refractivity contribution in [2.24, 2.45) is 10.7 Å². The number of amidine groups is 1. The molecule has 0 saturated carbocycles. The first-order valence-electron chi connectivity index (χ1n) is 7.18. The van der Waals surface area contributed by atoms with Gasteiger partial charge in [-0.05, 0) is 24.6 Å². The highest BCUT2D eigenvalue weighted by Gasteiger charge is 2.08. The molecule has 0 fully saturated rings. The summed E-state index contributed by atoms with van der Waals surface area (Å²) in [5.74, 6) is 2.42. The van der Waals surface area contributed by atoms with E-state index in [0.29, 0.717) is 17.5 Å². The fourth-order valence-electron chi connectivity index (χ4n) is 1.98. The molecule has 0 aliphatic heterocycles. The second-order valence-corrected chi connectivity index (χ2v) is 6.84. The van der Waals surface area contributed by atoms with Crippen LogP contribution in [-0.2, 0) is 12.3 Å². The molecule has 2 heterocycles. The number of thiazole rings is 1. The molecular weight excluding hydrogens is 362 g/mol. The topological polar surface area (TPSA) is 64.4 Å². The Morgan fingerprint density at radius 3 is 2.75 bits per heavy atom. The number of rotatable bonds is 5. The van der Waals surface area contributed by atoms with E-state index in [1.54, 1.807) is 11.3 Å². The molecule has 0 saturated heterocycles. The summed E-state index contributed by atoms with van der Waals surface area (Å²) in [6, 6.07) is 14.0. The third-order valence-corrected chi connectivity index (χ3v) is 4.90. The molecule has 0 amide bonds. The van der Waals surface area contributed by atoms with Crippen LogP contribution in [0, 0.1) is 6.92 Å². The van der Waals surface area contributed by atoms with Crippen LogP contribution in [0.1, 0.15) is 17.0 Å². The molecule has 3 rings (SSSR count). The summed E-state index contributed by atoms with van der Waals surface area (Å²) in [7, 11) is 0. The van der Waals surface area contributed by atoms with Gasteiger partial charge >= 0.3 is 0 Å². The van der Waals surface area contributed by atoms with Gasteiger partial charge in [-0.15, -0.1) is 23.7 Å². The Bertz CT molecular complexity index is 799. The molecule has 1 aromatic carbocycles. The molecule has 2 N–H and O–H groups in total. The number of furan rings is 1. The lowest BCUT2D eigenvalue weighted by Gasteiger charge is -2.00. The van der Waals surface area contributed by atoms with E-state index < -0.39 is 0 Å². The number of thioether (sulfide) groups is 1. The number of benzene rings is 1. The van der Waals surface area contributed by atoms with Gasteiger partial charge in [-0.2, -0.15) is 0 Å². The van der Waals surface area contributed by atoms with Gasteiger partial charge in [0.2, 0.25) is 0 Å². The number of hydrogen-bond acceptors (Lipinski definition) is 5. The first kappa shape index (κ1) is 18.6. The molecule has 0 radical (unpaired) electrons. The van der Waals surface area contributed by atoms with Gasteiger partial charge in [0.05, 0.1) is 12.2 Å². The van der Waals surface area contributed by atoms with Crippen LogP contribution < -0.4 is 5.73 Å². The highest BCUT2D eigenvalue weighted by Crippen LogP contribution is 2.27. The van der Waals surface area contributed by atoms with E-state index in [1.165, 1.54) is 11.8 Å². The Hall–Kier alpha value is -1.76. The molecule has 0 aliphatic carbocycles. The summed E-state index contributed by atoms with van der Waals surface area (Å²) in [5.41, 5.74) is 8.10. The first-order chi connectivity index (χ1) is 11.2. The molecule has 7 heteroatoms. The average Bonchev–Trinajstić information content (AvgIpc) is 3.20. The quantitative estimate of drug-likeness (QED) is 0.506. The smallest absolute Gasteiger partial charge is 0.162 e. The van der Waals surface area contributed by atoms with Gasteiger partial charge in [-0.1, -0.05) is 42.1 Å². The summed E-state index contributed by atoms with van der Waals surface area (Å²) >= 11 is 3.08. The largest absolute Gasteiger partial charge is 0.459 e. The summed E-state index contributed by atoms with van der Waals surface area (Å²) in [5, 5.41) is 3.51. The Balaban J connectivity index is 0.00000208. The third kappa shape index (κ3) is 5.12. The summed E-state index contributed by atoms with van der Waals surface area (Å²) in [4.78, 5) is 8.97. The minimum absolute atomic E-state index is 0. The Kier molecular flexibility index (Phi) is 6.90. The van der Waals surface area contributed by atoms with E-state index in [1.807, 2.05) is 54.8 Å². The summed E-state index contributed by atoms with van der Waals surface area (Å²) in [6.45, 7) is 2.53. The minimum Gasteiger partial charge on any atom is -0.459 e. The van der Waals surface area contributed by atoms with E-state index in [4.69, 9.17) is 10.2 Å². The van der Waals surface area contributed by atoms with Gasteiger partial charge in [-0.25, -0.2) is 4.98 Å². The van der Waals surface area contributed by atoms with Gasteiger partial charge in [-0.3, -0.25) is 4.99 Å². The molecule has 0 unspecified atom stereocenters. The van der Waals surface area contributed by atoms with Crippen LogP contribution in [0.2, 0.25) is 0 Å². The number of hydrogen-bond donors (Lipinski definition) is 1. The fraction of sp³-hybridized carbons (Fsp3) is 0.176. The zero-order chi connectivity index (χ0) is 16.1. The standard InChI is InChI=1S/C17H17N3OS2.ClH/c1-12-7-8-15(21-12)16-20-14(10-22-16)11-23-17(18)19-9-13-5-3-2-4-6-13;/h2-8,10H,9,11H2,1H3,(H2,18,19);1H. The van der Waals surface area contributed by atoms with Crippen molar-refractivity contribution in [2.75, 3.05) is 0 Å². The minimum atomic E-state index is 0. The highest BCUT2D eigenvalue weighted by molar-refractivity contribution is 8.13. The van der Waals surface area contributed by atoms with E-state index in [-0.39, 0.29) is 12.4 Å². The molecule has 0 aliphatic rings. The van der Waals surface area contributed by atoms with Crippen molar-refractivity contribution in [1.82, 2.24) is 4.98 Å². The number of nitrogens with two attached hydrogens (primary N) is 1. The second kappa shape index (κ2) is 8.92. The zero-order valence-electron chi connectivity index (χ0n) is 13.1. The van der Waals surface area contributed by atoms with E-state index >= 15 is 0 Å². The van der Waals surface area contributed by atoms with E-state index in [0.717, 1.165) is 27.8 Å². The van der Waals surface area contributed by atoms with E-state index in [2.05, 4.69) is 9.98 Å². The maximum absolute atomic E-state index is 5.96. The predicted octanol–water partition coefficient (Wildman–Crippen LogP) is 4.88. The van der Waals surface area contributed by atoms with Crippen LogP contribution in [0.4, 0.5) is 0 Å². The van der Waals surface area contributed by atoms with Gasteiger partial charge in [0.15, 0.2) is 15.9 Å². The lowest BCUT2D eigenvalue weighted by Crippen LogP contribution is -2.07. The second-order valence-electron chi connectivity index (χ2n) is 4.98. The number of halogens is 1. The van der Waals surface area contributed by atoms with Gasteiger partial charge < -0.3 is 10.2 Å². The van der Waals surface area contributed by atoms with Crippen LogP contribution in [0.5, 0.6) is 0 Å². The predicted molar refractivity (Wildman–Crippen MR) is 105 cm³/mol. The molecule has 4 nitrogen and oxygen atoms in total. The van der Waals surface area contributed by atoms with Crippen molar-refractivity contribution < 1.29 is 4.42 Å². The number of aromatic nitrogens is 1. The van der Waals surface area contributed by atoms with Gasteiger partial charge in [0.1, 0.15) is 5.76 Å². The summed E-state index contributed by atoms with van der Waals surface area (Å²) in [6.07, 6.45) is 0. The highest BCUT2D eigenvalue weighted by atomic mass is 35.5. The van der Waals surface area contributed by atoms with Gasteiger partial charge in [0.25, 0.3) is 0 Å². The monoisotopic (exact) mass is 379 g/mol. The molecule has 0 atom stereocenters. The Morgan fingerprint density at radius 1 is 1.25 bits per heavy atom. The molecule has 0 bridgehead atoms. The molecule has 0 spiro atoms. The molecule has 126 valence electrons. The zero-order valence-corrected chi connectivity index (χ0v) is 15.6. The molecule has 24 heavy (non-hydrogen) atoms.